The van der Waals surface area contributed by atoms with Crippen LogP contribution < -0.4 is 9.06 Å². The number of hydrogen-bond acceptors (Lipinski definition) is 5. The van der Waals surface area contributed by atoms with Gasteiger partial charge in [0.05, 0.1) is 0 Å². The zero-order valence-electron chi connectivity index (χ0n) is 12.3. The van der Waals surface area contributed by atoms with Crippen molar-refractivity contribution in [2.45, 2.75) is 37.8 Å². The van der Waals surface area contributed by atoms with Gasteiger partial charge < -0.3 is 9.17 Å². The Bertz CT molecular complexity index is 816. The van der Waals surface area contributed by atoms with Crippen molar-refractivity contribution in [3.63, 3.8) is 0 Å². The van der Waals surface area contributed by atoms with Crippen LogP contribution in [0.15, 0.2) is 27.2 Å². The highest BCUT2D eigenvalue weighted by atomic mass is 32.3. The monoisotopic (exact) mass is 327 g/mol. The number of thiazole rings is 1. The molecule has 0 bridgehead atoms. The second-order valence-electron chi connectivity index (χ2n) is 5.14. The van der Waals surface area contributed by atoms with Crippen molar-refractivity contribution in [1.29, 1.82) is 0 Å². The summed E-state index contributed by atoms with van der Waals surface area (Å²) in [5, 5.41) is 0. The Morgan fingerprint density at radius 2 is 1.90 bits per heavy atom. The first kappa shape index (κ1) is 15.8. The van der Waals surface area contributed by atoms with E-state index in [1.54, 1.807) is 13.0 Å². The highest BCUT2D eigenvalue weighted by molar-refractivity contribution is 7.89. The van der Waals surface area contributed by atoms with Gasteiger partial charge in [-0.15, -0.1) is 0 Å². The van der Waals surface area contributed by atoms with Crippen LogP contribution >= 0.6 is 11.3 Å². The summed E-state index contributed by atoms with van der Waals surface area (Å²) in [6.07, 6.45) is 0. The van der Waals surface area contributed by atoms with Gasteiger partial charge in [-0.3, -0.25) is 4.79 Å². The molecule has 21 heavy (non-hydrogen) atoms. The number of hydrogen-bond donors (Lipinski definition) is 1. The lowest BCUT2D eigenvalue weighted by molar-refractivity contribution is 0.485. The fourth-order valence-corrected chi connectivity index (χ4v) is 4.08. The fourth-order valence-electron chi connectivity index (χ4n) is 1.85. The predicted octanol–water partition coefficient (Wildman–Crippen LogP) is 2.94. The van der Waals surface area contributed by atoms with E-state index in [0.29, 0.717) is 22.8 Å². The average Bonchev–Trinajstić information content (AvgIpc) is 2.71. The zero-order valence-corrected chi connectivity index (χ0v) is 13.9. The van der Waals surface area contributed by atoms with E-state index in [4.69, 9.17) is 4.18 Å². The quantitative estimate of drug-likeness (QED) is 0.876. The van der Waals surface area contributed by atoms with E-state index in [-0.39, 0.29) is 10.1 Å². The zero-order chi connectivity index (χ0) is 15.8. The maximum Gasteiger partial charge on any atom is 0.350 e. The summed E-state index contributed by atoms with van der Waals surface area (Å²) in [5.41, 5.74) is 2.01. The maximum absolute atomic E-state index is 12.3. The van der Waals surface area contributed by atoms with Crippen molar-refractivity contribution >= 4 is 21.5 Å². The third kappa shape index (κ3) is 3.36. The highest BCUT2D eigenvalue weighted by Crippen LogP contribution is 2.28. The van der Waals surface area contributed by atoms with E-state index in [1.807, 2.05) is 26.0 Å². The molecule has 0 aliphatic carbocycles. The Kier molecular flexibility index (Phi) is 4.25. The standard InChI is InChI=1S/C14H17NO4S2/c1-8(2)11-6-5-9(3)12(7-11)19-21(17,18)13-10(4)15-14(16)20-13/h5-8H,1-4H3,(H,15,16). The molecular weight excluding hydrogens is 310 g/mol. The molecule has 1 aromatic heterocycles. The number of benzene rings is 1. The molecule has 0 saturated carbocycles. The normalized spacial score (nSPS) is 11.9. The molecule has 0 aliphatic rings. The molecule has 0 unspecified atom stereocenters. The molecule has 7 heteroatoms. The van der Waals surface area contributed by atoms with Gasteiger partial charge in [-0.25, -0.2) is 0 Å². The number of rotatable bonds is 4. The SMILES string of the molecule is Cc1ccc(C(C)C)cc1OS(=O)(=O)c1sc(=O)[nH]c1C. The van der Waals surface area contributed by atoms with Crippen LogP contribution in [-0.4, -0.2) is 13.4 Å². The molecule has 0 aliphatic heterocycles. The van der Waals surface area contributed by atoms with Crippen LogP contribution in [0.3, 0.4) is 0 Å². The molecule has 1 N–H and O–H groups in total. The van der Waals surface area contributed by atoms with E-state index in [2.05, 4.69) is 4.98 Å². The molecule has 2 rings (SSSR count). The largest absolute Gasteiger partial charge is 0.378 e. The molecule has 0 radical (unpaired) electrons. The summed E-state index contributed by atoms with van der Waals surface area (Å²) >= 11 is 0.633. The lowest BCUT2D eigenvalue weighted by Gasteiger charge is -2.12. The first-order chi connectivity index (χ1) is 9.70. The van der Waals surface area contributed by atoms with E-state index in [0.717, 1.165) is 11.1 Å². The van der Waals surface area contributed by atoms with Crippen LogP contribution in [0.4, 0.5) is 0 Å². The van der Waals surface area contributed by atoms with Crippen LogP contribution in [0.25, 0.3) is 0 Å². The van der Waals surface area contributed by atoms with Gasteiger partial charge in [0, 0.05) is 5.69 Å². The molecule has 5 nitrogen and oxygen atoms in total. The number of aromatic nitrogens is 1. The predicted molar refractivity (Wildman–Crippen MR) is 82.8 cm³/mol. The molecule has 114 valence electrons. The average molecular weight is 327 g/mol. The van der Waals surface area contributed by atoms with Crippen LogP contribution in [0.2, 0.25) is 0 Å². The minimum absolute atomic E-state index is 0.0816. The van der Waals surface area contributed by atoms with Gasteiger partial charge in [0.15, 0.2) is 4.21 Å². The van der Waals surface area contributed by atoms with Gasteiger partial charge in [-0.05, 0) is 37.0 Å². The minimum Gasteiger partial charge on any atom is -0.378 e. The summed E-state index contributed by atoms with van der Waals surface area (Å²) < 4.78 is 29.7. The van der Waals surface area contributed by atoms with E-state index in [1.165, 1.54) is 6.92 Å². The van der Waals surface area contributed by atoms with Crippen molar-refractivity contribution in [2.24, 2.45) is 0 Å². The van der Waals surface area contributed by atoms with Crippen molar-refractivity contribution in [1.82, 2.24) is 4.98 Å². The van der Waals surface area contributed by atoms with Crippen LogP contribution in [0.1, 0.15) is 36.6 Å². The molecule has 0 amide bonds. The van der Waals surface area contributed by atoms with Crippen molar-refractivity contribution in [3.05, 3.63) is 44.7 Å². The third-order valence-electron chi connectivity index (χ3n) is 3.09. The molecule has 1 heterocycles. The first-order valence-electron chi connectivity index (χ1n) is 6.45. The van der Waals surface area contributed by atoms with E-state index >= 15 is 0 Å². The Labute approximate surface area is 127 Å². The molecule has 1 aromatic carbocycles. The van der Waals surface area contributed by atoms with Crippen LogP contribution in [0, 0.1) is 13.8 Å². The van der Waals surface area contributed by atoms with Crippen molar-refractivity contribution in [2.75, 3.05) is 0 Å². The highest BCUT2D eigenvalue weighted by Gasteiger charge is 2.24. The topological polar surface area (TPSA) is 76.2 Å². The van der Waals surface area contributed by atoms with Gasteiger partial charge in [0.1, 0.15) is 5.75 Å². The fraction of sp³-hybridized carbons (Fsp3) is 0.357. The molecule has 2 aromatic rings. The van der Waals surface area contributed by atoms with Crippen LogP contribution in [-0.2, 0) is 10.1 Å². The molecule has 0 fully saturated rings. The van der Waals surface area contributed by atoms with E-state index in [9.17, 15) is 13.2 Å². The van der Waals surface area contributed by atoms with Gasteiger partial charge in [0.25, 0.3) is 0 Å². The Morgan fingerprint density at radius 3 is 2.43 bits per heavy atom. The van der Waals surface area contributed by atoms with Gasteiger partial charge in [-0.1, -0.05) is 37.3 Å². The summed E-state index contributed by atoms with van der Waals surface area (Å²) in [4.78, 5) is 13.3. The smallest absolute Gasteiger partial charge is 0.350 e. The lowest BCUT2D eigenvalue weighted by Crippen LogP contribution is -2.10. The number of aromatic amines is 1. The van der Waals surface area contributed by atoms with Crippen molar-refractivity contribution in [3.8, 4) is 5.75 Å². The summed E-state index contributed by atoms with van der Waals surface area (Å²) in [6.45, 7) is 7.35. The number of H-pyrrole nitrogens is 1. The van der Waals surface area contributed by atoms with E-state index < -0.39 is 15.0 Å². The van der Waals surface area contributed by atoms with Crippen LogP contribution in [0.5, 0.6) is 5.75 Å². The Balaban J connectivity index is 2.43. The van der Waals surface area contributed by atoms with Crippen molar-refractivity contribution < 1.29 is 12.6 Å². The summed E-state index contributed by atoms with van der Waals surface area (Å²) in [5.74, 6) is 0.558. The number of aryl methyl sites for hydroxylation is 2. The first-order valence-corrected chi connectivity index (χ1v) is 8.68. The lowest BCUT2D eigenvalue weighted by atomic mass is 10.0. The second-order valence-corrected chi connectivity index (χ2v) is 7.87. The minimum atomic E-state index is -4.00. The Morgan fingerprint density at radius 1 is 1.24 bits per heavy atom. The summed E-state index contributed by atoms with van der Waals surface area (Å²) in [6, 6.07) is 5.49. The maximum atomic E-state index is 12.3. The summed E-state index contributed by atoms with van der Waals surface area (Å²) in [7, 11) is -4.00. The molecule has 0 saturated heterocycles. The van der Waals surface area contributed by atoms with Gasteiger partial charge in [0.2, 0.25) is 0 Å². The number of nitrogens with one attached hydrogen (secondary N) is 1. The Hall–Kier alpha value is -1.60. The second kappa shape index (κ2) is 5.65. The third-order valence-corrected chi connectivity index (χ3v) is 5.89. The van der Waals surface area contributed by atoms with Gasteiger partial charge >= 0.3 is 15.0 Å². The molecule has 0 atom stereocenters. The molecule has 0 spiro atoms. The van der Waals surface area contributed by atoms with Gasteiger partial charge in [-0.2, -0.15) is 8.42 Å². The molecular formula is C14H17NO4S2.